The number of amides is 1. The van der Waals surface area contributed by atoms with E-state index < -0.39 is 17.5 Å². The van der Waals surface area contributed by atoms with Crippen molar-refractivity contribution in [3.05, 3.63) is 11.9 Å². The van der Waals surface area contributed by atoms with Crippen LogP contribution in [-0.4, -0.2) is 33.4 Å². The molecule has 0 aromatic heterocycles. The zero-order valence-corrected chi connectivity index (χ0v) is 11.1. The maximum atomic E-state index is 11.6. The SMILES string of the molecule is CCC(C)=N/C(=C\CC(=O)O)NC(=O)C(C)(C)O. The first-order valence-electron chi connectivity index (χ1n) is 5.66. The van der Waals surface area contributed by atoms with Crippen LogP contribution in [0.25, 0.3) is 0 Å². The van der Waals surface area contributed by atoms with Gasteiger partial charge < -0.3 is 15.5 Å². The van der Waals surface area contributed by atoms with E-state index in [4.69, 9.17) is 5.11 Å². The minimum absolute atomic E-state index is 0.142. The van der Waals surface area contributed by atoms with Crippen LogP contribution >= 0.6 is 0 Å². The van der Waals surface area contributed by atoms with E-state index in [1.807, 2.05) is 6.92 Å². The van der Waals surface area contributed by atoms with Gasteiger partial charge in [0, 0.05) is 5.71 Å². The van der Waals surface area contributed by atoms with Gasteiger partial charge in [0.25, 0.3) is 5.91 Å². The molecular formula is C12H20N2O4. The zero-order valence-electron chi connectivity index (χ0n) is 11.1. The Labute approximate surface area is 106 Å². The molecule has 0 rings (SSSR count). The van der Waals surface area contributed by atoms with Gasteiger partial charge in [-0.1, -0.05) is 6.92 Å². The average molecular weight is 256 g/mol. The summed E-state index contributed by atoms with van der Waals surface area (Å²) in [6.45, 7) is 6.34. The number of hydrogen-bond donors (Lipinski definition) is 3. The first kappa shape index (κ1) is 16.3. The molecule has 0 atom stereocenters. The van der Waals surface area contributed by atoms with Crippen LogP contribution in [0.4, 0.5) is 0 Å². The van der Waals surface area contributed by atoms with Gasteiger partial charge in [0.1, 0.15) is 11.4 Å². The summed E-state index contributed by atoms with van der Waals surface area (Å²) in [6.07, 6.45) is 1.73. The van der Waals surface area contributed by atoms with E-state index in [1.54, 1.807) is 6.92 Å². The quantitative estimate of drug-likeness (QED) is 0.619. The minimum atomic E-state index is -1.54. The molecule has 18 heavy (non-hydrogen) atoms. The fraction of sp³-hybridized carbons (Fsp3) is 0.583. The average Bonchev–Trinajstić information content (AvgIpc) is 2.24. The number of carboxylic acids is 1. The predicted molar refractivity (Wildman–Crippen MR) is 68.2 cm³/mol. The number of carbonyl (C=O) groups is 2. The fourth-order valence-corrected chi connectivity index (χ4v) is 0.863. The highest BCUT2D eigenvalue weighted by Crippen LogP contribution is 2.05. The summed E-state index contributed by atoms with van der Waals surface area (Å²) in [7, 11) is 0. The van der Waals surface area contributed by atoms with Gasteiger partial charge >= 0.3 is 5.97 Å². The Bertz CT molecular complexity index is 378. The van der Waals surface area contributed by atoms with Gasteiger partial charge in [0.05, 0.1) is 6.42 Å². The Kier molecular flexibility index (Phi) is 6.26. The minimum Gasteiger partial charge on any atom is -0.481 e. The first-order chi connectivity index (χ1) is 8.16. The van der Waals surface area contributed by atoms with E-state index >= 15 is 0 Å². The second kappa shape index (κ2) is 6.90. The van der Waals surface area contributed by atoms with Crippen molar-refractivity contribution in [1.29, 1.82) is 0 Å². The molecule has 6 nitrogen and oxygen atoms in total. The molecule has 0 saturated carbocycles. The Balaban J connectivity index is 4.95. The van der Waals surface area contributed by atoms with Crippen LogP contribution in [-0.2, 0) is 9.59 Å². The number of hydrogen-bond acceptors (Lipinski definition) is 4. The monoisotopic (exact) mass is 256 g/mol. The Hall–Kier alpha value is -1.69. The van der Waals surface area contributed by atoms with Gasteiger partial charge in [-0.3, -0.25) is 9.59 Å². The van der Waals surface area contributed by atoms with Crippen LogP contribution in [0.3, 0.4) is 0 Å². The molecule has 0 aliphatic heterocycles. The number of aliphatic hydroxyl groups is 1. The van der Waals surface area contributed by atoms with Gasteiger partial charge in [0.2, 0.25) is 0 Å². The molecule has 0 unspecified atom stereocenters. The van der Waals surface area contributed by atoms with Crippen LogP contribution in [0.5, 0.6) is 0 Å². The number of rotatable bonds is 6. The topological polar surface area (TPSA) is 99.0 Å². The standard InChI is InChI=1S/C12H20N2O4/c1-5-8(2)13-9(6-7-10(15)16)14-11(17)12(3,4)18/h6,18H,5,7H2,1-4H3,(H,14,17)(H,15,16)/b9-6+,13-8?. The molecule has 6 heteroatoms. The molecule has 0 spiro atoms. The summed E-state index contributed by atoms with van der Waals surface area (Å²) < 4.78 is 0. The largest absolute Gasteiger partial charge is 0.481 e. The van der Waals surface area contributed by atoms with Crippen molar-refractivity contribution < 1.29 is 19.8 Å². The highest BCUT2D eigenvalue weighted by molar-refractivity contribution is 5.87. The van der Waals surface area contributed by atoms with Crippen molar-refractivity contribution in [3.8, 4) is 0 Å². The summed E-state index contributed by atoms with van der Waals surface area (Å²) in [4.78, 5) is 26.1. The van der Waals surface area contributed by atoms with Gasteiger partial charge in [-0.05, 0) is 33.3 Å². The highest BCUT2D eigenvalue weighted by atomic mass is 16.4. The fourth-order valence-electron chi connectivity index (χ4n) is 0.863. The smallest absolute Gasteiger partial charge is 0.307 e. The van der Waals surface area contributed by atoms with Crippen LogP contribution < -0.4 is 5.32 Å². The van der Waals surface area contributed by atoms with Crippen molar-refractivity contribution in [1.82, 2.24) is 5.32 Å². The first-order valence-corrected chi connectivity index (χ1v) is 5.66. The van der Waals surface area contributed by atoms with Gasteiger partial charge in [-0.15, -0.1) is 0 Å². The summed E-state index contributed by atoms with van der Waals surface area (Å²) in [5.74, 6) is -1.51. The molecule has 1 amide bonds. The molecule has 0 aliphatic rings. The summed E-state index contributed by atoms with van der Waals surface area (Å²) in [5.41, 5.74) is -0.791. The molecule has 0 heterocycles. The van der Waals surface area contributed by atoms with Crippen LogP contribution in [0.2, 0.25) is 0 Å². The van der Waals surface area contributed by atoms with Crippen LogP contribution in [0.1, 0.15) is 40.5 Å². The summed E-state index contributed by atoms with van der Waals surface area (Å²) >= 11 is 0. The molecule has 0 fully saturated rings. The van der Waals surface area contributed by atoms with Crippen molar-refractivity contribution in [2.45, 2.75) is 46.1 Å². The van der Waals surface area contributed by atoms with E-state index in [0.29, 0.717) is 6.42 Å². The number of nitrogens with zero attached hydrogens (tertiary/aromatic N) is 1. The third kappa shape index (κ3) is 6.80. The normalized spacial score (nSPS) is 13.4. The third-order valence-corrected chi connectivity index (χ3v) is 2.09. The lowest BCUT2D eigenvalue weighted by Crippen LogP contribution is -2.41. The van der Waals surface area contributed by atoms with Gasteiger partial charge in [-0.25, -0.2) is 4.99 Å². The third-order valence-electron chi connectivity index (χ3n) is 2.09. The summed E-state index contributed by atoms with van der Waals surface area (Å²) in [5, 5.41) is 20.5. The second-order valence-electron chi connectivity index (χ2n) is 4.40. The maximum Gasteiger partial charge on any atom is 0.307 e. The number of nitrogens with one attached hydrogen (secondary N) is 1. The second-order valence-corrected chi connectivity index (χ2v) is 4.40. The molecule has 0 aromatic carbocycles. The Morgan fingerprint density at radius 2 is 1.94 bits per heavy atom. The molecular weight excluding hydrogens is 236 g/mol. The number of carbonyl (C=O) groups excluding carboxylic acids is 1. The van der Waals surface area contributed by atoms with Gasteiger partial charge in [-0.2, -0.15) is 0 Å². The highest BCUT2D eigenvalue weighted by Gasteiger charge is 2.24. The van der Waals surface area contributed by atoms with Crippen molar-refractivity contribution >= 4 is 17.6 Å². The van der Waals surface area contributed by atoms with E-state index in [1.165, 1.54) is 19.9 Å². The number of aliphatic imine (C=N–C) groups is 1. The van der Waals surface area contributed by atoms with E-state index in [-0.39, 0.29) is 12.2 Å². The molecule has 0 saturated heterocycles. The van der Waals surface area contributed by atoms with Gasteiger partial charge in [0.15, 0.2) is 0 Å². The lowest BCUT2D eigenvalue weighted by Gasteiger charge is -2.17. The van der Waals surface area contributed by atoms with E-state index in [2.05, 4.69) is 10.3 Å². The maximum absolute atomic E-state index is 11.6. The van der Waals surface area contributed by atoms with Crippen molar-refractivity contribution in [3.63, 3.8) is 0 Å². The van der Waals surface area contributed by atoms with Crippen LogP contribution in [0.15, 0.2) is 16.9 Å². The van der Waals surface area contributed by atoms with E-state index in [9.17, 15) is 14.7 Å². The lowest BCUT2D eigenvalue weighted by atomic mass is 10.1. The summed E-state index contributed by atoms with van der Waals surface area (Å²) in [6, 6.07) is 0. The van der Waals surface area contributed by atoms with Crippen molar-refractivity contribution in [2.75, 3.05) is 0 Å². The molecule has 0 bridgehead atoms. The number of aliphatic carboxylic acids is 1. The van der Waals surface area contributed by atoms with E-state index in [0.717, 1.165) is 5.71 Å². The van der Waals surface area contributed by atoms with Crippen LogP contribution in [0, 0.1) is 0 Å². The lowest BCUT2D eigenvalue weighted by molar-refractivity contribution is -0.136. The van der Waals surface area contributed by atoms with Crippen molar-refractivity contribution in [2.24, 2.45) is 4.99 Å². The Morgan fingerprint density at radius 1 is 1.39 bits per heavy atom. The Morgan fingerprint density at radius 3 is 2.33 bits per heavy atom. The molecule has 0 aromatic rings. The molecule has 102 valence electrons. The molecule has 3 N–H and O–H groups in total. The molecule has 0 aliphatic carbocycles. The predicted octanol–water partition coefficient (Wildman–Crippen LogP) is 1.06. The molecule has 0 radical (unpaired) electrons. The number of carboxylic acid groups (broad SMARTS) is 1. The zero-order chi connectivity index (χ0) is 14.3.